The van der Waals surface area contributed by atoms with Crippen molar-refractivity contribution >= 4 is 23.4 Å². The van der Waals surface area contributed by atoms with Crippen molar-refractivity contribution in [1.29, 1.82) is 0 Å². The van der Waals surface area contributed by atoms with Crippen molar-refractivity contribution in [2.75, 3.05) is 5.75 Å². The van der Waals surface area contributed by atoms with Gasteiger partial charge in [0.2, 0.25) is 0 Å². The van der Waals surface area contributed by atoms with E-state index in [-0.39, 0.29) is 0 Å². The Morgan fingerprint density at radius 3 is 2.33 bits per heavy atom. The number of hydrogen-bond acceptors (Lipinski definition) is 1. The molecule has 0 heterocycles. The van der Waals surface area contributed by atoms with Crippen LogP contribution in [0.15, 0.2) is 29.2 Å². The molecule has 0 amide bonds. The molecule has 0 saturated carbocycles. The zero-order valence-electron chi connectivity index (χ0n) is 7.80. The molecule has 12 heavy (non-hydrogen) atoms. The van der Waals surface area contributed by atoms with Crippen LogP contribution >= 0.6 is 23.4 Å². The van der Waals surface area contributed by atoms with Gasteiger partial charge in [-0.05, 0) is 17.9 Å². The summed E-state index contributed by atoms with van der Waals surface area (Å²) in [4.78, 5) is 1.17. The Kier molecular flexibility index (Phi) is 7.42. The van der Waals surface area contributed by atoms with Crippen molar-refractivity contribution in [2.24, 2.45) is 0 Å². The highest BCUT2D eigenvalue weighted by Crippen LogP contribution is 2.25. The van der Waals surface area contributed by atoms with E-state index in [1.807, 2.05) is 38.1 Å². The van der Waals surface area contributed by atoms with E-state index in [0.29, 0.717) is 0 Å². The summed E-state index contributed by atoms with van der Waals surface area (Å²) in [5.41, 5.74) is 0. The third kappa shape index (κ3) is 4.03. The van der Waals surface area contributed by atoms with Gasteiger partial charge in [-0.2, -0.15) is 0 Å². The molecular weight excluding hydrogens is 188 g/mol. The van der Waals surface area contributed by atoms with Crippen LogP contribution in [0, 0.1) is 0 Å². The maximum Gasteiger partial charge on any atom is 0.0541 e. The summed E-state index contributed by atoms with van der Waals surface area (Å²) in [7, 11) is 0. The Hall–Kier alpha value is -0.140. The van der Waals surface area contributed by atoms with Crippen LogP contribution in [0.4, 0.5) is 0 Å². The van der Waals surface area contributed by atoms with Crippen LogP contribution in [0.25, 0.3) is 0 Å². The normalized spacial score (nSPS) is 8.67. The molecule has 0 radical (unpaired) electrons. The average Bonchev–Trinajstić information content (AvgIpc) is 2.13. The maximum absolute atomic E-state index is 5.88. The summed E-state index contributed by atoms with van der Waals surface area (Å²) >= 11 is 7.65. The Balaban J connectivity index is 0.000000561. The molecule has 1 rings (SSSR count). The maximum atomic E-state index is 5.88. The van der Waals surface area contributed by atoms with Crippen LogP contribution in [-0.4, -0.2) is 5.75 Å². The SMILES string of the molecule is CC.CCSc1ccccc1Cl. The van der Waals surface area contributed by atoms with Crippen LogP contribution in [0.1, 0.15) is 20.8 Å². The van der Waals surface area contributed by atoms with Crippen molar-refractivity contribution in [2.45, 2.75) is 25.7 Å². The molecule has 0 saturated heterocycles. The summed E-state index contributed by atoms with van der Waals surface area (Å²) in [5, 5.41) is 0.856. The van der Waals surface area contributed by atoms with Crippen molar-refractivity contribution < 1.29 is 0 Å². The van der Waals surface area contributed by atoms with Crippen molar-refractivity contribution in [3.05, 3.63) is 29.3 Å². The number of rotatable bonds is 2. The molecule has 0 atom stereocenters. The minimum atomic E-state index is 0.856. The lowest BCUT2D eigenvalue weighted by Gasteiger charge is -1.98. The smallest absolute Gasteiger partial charge is 0.0541 e. The van der Waals surface area contributed by atoms with E-state index in [1.165, 1.54) is 4.90 Å². The highest BCUT2D eigenvalue weighted by atomic mass is 35.5. The first kappa shape index (κ1) is 11.9. The summed E-state index contributed by atoms with van der Waals surface area (Å²) in [6.45, 7) is 6.12. The standard InChI is InChI=1S/C8H9ClS.C2H6/c1-2-10-8-6-4-3-5-7(8)9;1-2/h3-6H,2H2,1H3;1-2H3. The van der Waals surface area contributed by atoms with E-state index in [1.54, 1.807) is 11.8 Å². The highest BCUT2D eigenvalue weighted by molar-refractivity contribution is 7.99. The zero-order chi connectivity index (χ0) is 9.40. The van der Waals surface area contributed by atoms with E-state index in [2.05, 4.69) is 6.92 Å². The molecule has 0 N–H and O–H groups in total. The molecule has 0 aliphatic carbocycles. The third-order valence-corrected chi connectivity index (χ3v) is 2.53. The predicted octanol–water partition coefficient (Wildman–Crippen LogP) is 4.48. The molecule has 0 bridgehead atoms. The fourth-order valence-corrected chi connectivity index (χ4v) is 1.71. The lowest BCUT2D eigenvalue weighted by Crippen LogP contribution is -1.72. The summed E-state index contributed by atoms with van der Waals surface area (Å²) in [5.74, 6) is 1.07. The van der Waals surface area contributed by atoms with Gasteiger partial charge >= 0.3 is 0 Å². The van der Waals surface area contributed by atoms with Gasteiger partial charge in [0.05, 0.1) is 5.02 Å². The van der Waals surface area contributed by atoms with Crippen LogP contribution in [0.3, 0.4) is 0 Å². The van der Waals surface area contributed by atoms with Crippen LogP contribution < -0.4 is 0 Å². The molecule has 1 aromatic rings. The quantitative estimate of drug-likeness (QED) is 0.638. The fourth-order valence-electron chi connectivity index (χ4n) is 0.717. The second kappa shape index (κ2) is 7.51. The van der Waals surface area contributed by atoms with E-state index >= 15 is 0 Å². The highest BCUT2D eigenvalue weighted by Gasteiger charge is 1.95. The summed E-state index contributed by atoms with van der Waals surface area (Å²) in [6, 6.07) is 7.90. The van der Waals surface area contributed by atoms with Gasteiger partial charge in [-0.1, -0.05) is 44.5 Å². The van der Waals surface area contributed by atoms with Crippen LogP contribution in [0.2, 0.25) is 5.02 Å². The summed E-state index contributed by atoms with van der Waals surface area (Å²) < 4.78 is 0. The predicted molar refractivity (Wildman–Crippen MR) is 59.2 cm³/mol. The Morgan fingerprint density at radius 1 is 1.25 bits per heavy atom. The van der Waals surface area contributed by atoms with Gasteiger partial charge in [-0.25, -0.2) is 0 Å². The van der Waals surface area contributed by atoms with Crippen LogP contribution in [0.5, 0.6) is 0 Å². The number of benzene rings is 1. The van der Waals surface area contributed by atoms with Gasteiger partial charge in [-0.15, -0.1) is 11.8 Å². The monoisotopic (exact) mass is 202 g/mol. The van der Waals surface area contributed by atoms with Gasteiger partial charge in [0.1, 0.15) is 0 Å². The lowest BCUT2D eigenvalue weighted by molar-refractivity contribution is 1.43. The Labute approximate surface area is 84.3 Å². The average molecular weight is 203 g/mol. The topological polar surface area (TPSA) is 0 Å². The third-order valence-electron chi connectivity index (χ3n) is 1.14. The first-order valence-corrected chi connectivity index (χ1v) is 5.58. The zero-order valence-corrected chi connectivity index (χ0v) is 9.38. The first-order valence-electron chi connectivity index (χ1n) is 4.22. The molecule has 0 fully saturated rings. The van der Waals surface area contributed by atoms with E-state index in [9.17, 15) is 0 Å². The molecule has 68 valence electrons. The van der Waals surface area contributed by atoms with Gasteiger partial charge < -0.3 is 0 Å². The van der Waals surface area contributed by atoms with Gasteiger partial charge in [0.15, 0.2) is 0 Å². The molecule has 2 heteroatoms. The second-order valence-corrected chi connectivity index (χ2v) is 3.58. The number of halogens is 1. The van der Waals surface area contributed by atoms with Gasteiger partial charge in [-0.3, -0.25) is 0 Å². The molecule has 0 nitrogen and oxygen atoms in total. The molecular formula is C10H15ClS. The van der Waals surface area contributed by atoms with E-state index in [0.717, 1.165) is 10.8 Å². The molecule has 0 unspecified atom stereocenters. The first-order chi connectivity index (χ1) is 5.84. The minimum Gasteiger partial charge on any atom is -0.125 e. The Bertz CT molecular complexity index is 211. The summed E-state index contributed by atoms with van der Waals surface area (Å²) in [6.07, 6.45) is 0. The van der Waals surface area contributed by atoms with Gasteiger partial charge in [0.25, 0.3) is 0 Å². The van der Waals surface area contributed by atoms with Crippen molar-refractivity contribution in [3.63, 3.8) is 0 Å². The number of hydrogen-bond donors (Lipinski definition) is 0. The Morgan fingerprint density at radius 2 is 1.83 bits per heavy atom. The van der Waals surface area contributed by atoms with E-state index < -0.39 is 0 Å². The lowest BCUT2D eigenvalue weighted by atomic mass is 10.4. The molecule has 1 aromatic carbocycles. The fraction of sp³-hybridized carbons (Fsp3) is 0.400. The van der Waals surface area contributed by atoms with Crippen molar-refractivity contribution in [1.82, 2.24) is 0 Å². The largest absolute Gasteiger partial charge is 0.125 e. The number of thioether (sulfide) groups is 1. The molecule has 0 aliphatic rings. The second-order valence-electron chi connectivity index (χ2n) is 1.86. The van der Waals surface area contributed by atoms with Gasteiger partial charge in [0, 0.05) is 4.90 Å². The minimum absolute atomic E-state index is 0.856. The molecule has 0 aromatic heterocycles. The van der Waals surface area contributed by atoms with Crippen LogP contribution in [-0.2, 0) is 0 Å². The van der Waals surface area contributed by atoms with E-state index in [4.69, 9.17) is 11.6 Å². The van der Waals surface area contributed by atoms with Crippen molar-refractivity contribution in [3.8, 4) is 0 Å². The molecule has 0 aliphatic heterocycles. The molecule has 0 spiro atoms.